The first kappa shape index (κ1) is 21.2. The van der Waals surface area contributed by atoms with Crippen LogP contribution in [-0.4, -0.2) is 40.0 Å². The Morgan fingerprint density at radius 2 is 2.00 bits per heavy atom. The molecule has 4 aliphatic rings. The smallest absolute Gasteiger partial charge is 0.195 e. The van der Waals surface area contributed by atoms with Gasteiger partial charge in [0.25, 0.3) is 0 Å². The summed E-state index contributed by atoms with van der Waals surface area (Å²) in [6.07, 6.45) is 1.40. The van der Waals surface area contributed by atoms with Crippen molar-refractivity contribution in [2.45, 2.75) is 58.0 Å². The van der Waals surface area contributed by atoms with E-state index in [9.17, 15) is 19.1 Å². The summed E-state index contributed by atoms with van der Waals surface area (Å²) in [5.41, 5.74) is -4.17. The summed E-state index contributed by atoms with van der Waals surface area (Å²) in [4.78, 5) is 24.5. The van der Waals surface area contributed by atoms with Crippen molar-refractivity contribution in [1.29, 1.82) is 0 Å². The van der Waals surface area contributed by atoms with Crippen LogP contribution in [0.25, 0.3) is 0 Å². The summed E-state index contributed by atoms with van der Waals surface area (Å²) in [5.74, 6) is -2.07. The minimum absolute atomic E-state index is 0.0554. The zero-order valence-corrected chi connectivity index (χ0v) is 17.6. The lowest BCUT2D eigenvalue weighted by Gasteiger charge is -2.62. The molecule has 4 rings (SSSR count). The monoisotopic (exact) mass is 428 g/mol. The number of aliphatic hydroxyl groups excluding tert-OH is 1. The third-order valence-electron chi connectivity index (χ3n) is 8.42. The van der Waals surface area contributed by atoms with Gasteiger partial charge in [0, 0.05) is 17.3 Å². The van der Waals surface area contributed by atoms with Crippen LogP contribution in [0, 0.1) is 34.5 Å². The molecular formula is C22H27F3O3S. The number of halogens is 3. The lowest BCUT2D eigenvalue weighted by molar-refractivity contribution is -0.201. The molecule has 3 nitrogen and oxygen atoms in total. The summed E-state index contributed by atoms with van der Waals surface area (Å²) >= 11 is 0.622. The Bertz CT molecular complexity index is 813. The summed E-state index contributed by atoms with van der Waals surface area (Å²) < 4.78 is 45.0. The molecule has 3 fully saturated rings. The van der Waals surface area contributed by atoms with Gasteiger partial charge < -0.3 is 5.11 Å². The van der Waals surface area contributed by atoms with E-state index in [-0.39, 0.29) is 41.1 Å². The highest BCUT2D eigenvalue weighted by molar-refractivity contribution is 8.13. The molecule has 160 valence electrons. The summed E-state index contributed by atoms with van der Waals surface area (Å²) in [5, 5.41) is 10.8. The molecule has 0 saturated heterocycles. The van der Waals surface area contributed by atoms with Gasteiger partial charge in [-0.25, -0.2) is 13.2 Å². The molecule has 0 aliphatic heterocycles. The van der Waals surface area contributed by atoms with Crippen molar-refractivity contribution >= 4 is 22.7 Å². The standard InChI is InChI=1S/C22H27F3O3S/c1-11-6-13-14-8-16(24)15-7-12(26)4-5-21(15,3)22(14,25)17(27)9-20(13,2)18(11)19(28)29-10-23/h4-5,7,11,13-14,16-18,27H,6,8-10H2,1-3H3/t11?,13-,14-,16?,17?,18?,20-,21-,22-/m0/s1. The van der Waals surface area contributed by atoms with Gasteiger partial charge in [-0.2, -0.15) is 0 Å². The second-order valence-electron chi connectivity index (χ2n) is 9.71. The van der Waals surface area contributed by atoms with Crippen molar-refractivity contribution in [1.82, 2.24) is 0 Å². The first-order chi connectivity index (χ1) is 13.5. The van der Waals surface area contributed by atoms with Crippen LogP contribution in [-0.2, 0) is 9.59 Å². The Morgan fingerprint density at radius 3 is 2.66 bits per heavy atom. The molecule has 0 aromatic carbocycles. The first-order valence-corrected chi connectivity index (χ1v) is 11.2. The minimum atomic E-state index is -2.13. The quantitative estimate of drug-likeness (QED) is 0.710. The third-order valence-corrected chi connectivity index (χ3v) is 9.07. The molecule has 29 heavy (non-hydrogen) atoms. The largest absolute Gasteiger partial charge is 0.390 e. The molecule has 4 aliphatic carbocycles. The van der Waals surface area contributed by atoms with Crippen LogP contribution in [0.5, 0.6) is 0 Å². The molecule has 1 N–H and O–H groups in total. The van der Waals surface area contributed by atoms with E-state index >= 15 is 8.78 Å². The van der Waals surface area contributed by atoms with Crippen LogP contribution < -0.4 is 0 Å². The number of carbonyl (C=O) groups excluding carboxylic acids is 2. The van der Waals surface area contributed by atoms with Crippen molar-refractivity contribution in [2.75, 3.05) is 6.01 Å². The lowest BCUT2D eigenvalue weighted by Crippen LogP contribution is -2.68. The van der Waals surface area contributed by atoms with E-state index in [1.807, 2.05) is 13.8 Å². The number of thioether (sulfide) groups is 1. The van der Waals surface area contributed by atoms with Gasteiger partial charge in [-0.3, -0.25) is 9.59 Å². The van der Waals surface area contributed by atoms with Crippen LogP contribution >= 0.6 is 11.8 Å². The van der Waals surface area contributed by atoms with Gasteiger partial charge in [-0.05, 0) is 61.2 Å². The van der Waals surface area contributed by atoms with Crippen molar-refractivity contribution < 1.29 is 27.9 Å². The molecule has 0 bridgehead atoms. The van der Waals surface area contributed by atoms with Crippen LogP contribution in [0.2, 0.25) is 0 Å². The zero-order valence-electron chi connectivity index (χ0n) is 16.8. The number of aliphatic hydroxyl groups is 1. The molecule has 0 amide bonds. The van der Waals surface area contributed by atoms with Crippen molar-refractivity contribution in [2.24, 2.45) is 34.5 Å². The van der Waals surface area contributed by atoms with E-state index < -0.39 is 46.6 Å². The number of carbonyl (C=O) groups is 2. The molecule has 0 heterocycles. The maximum absolute atomic E-state index is 16.9. The molecule has 3 saturated carbocycles. The fourth-order valence-corrected chi connectivity index (χ4v) is 8.01. The molecule has 0 aromatic heterocycles. The average Bonchev–Trinajstić information content (AvgIpc) is 2.90. The van der Waals surface area contributed by atoms with E-state index in [1.165, 1.54) is 18.2 Å². The number of rotatable bonds is 2. The lowest BCUT2D eigenvalue weighted by atomic mass is 9.45. The highest BCUT2D eigenvalue weighted by Gasteiger charge is 2.73. The fraction of sp³-hybridized carbons (Fsp3) is 0.727. The molecule has 9 atom stereocenters. The van der Waals surface area contributed by atoms with Crippen LogP contribution in [0.3, 0.4) is 0 Å². The van der Waals surface area contributed by atoms with Crippen LogP contribution in [0.1, 0.15) is 40.0 Å². The number of hydrogen-bond acceptors (Lipinski definition) is 4. The van der Waals surface area contributed by atoms with E-state index in [0.29, 0.717) is 18.2 Å². The Hall–Kier alpha value is -1.08. The van der Waals surface area contributed by atoms with Crippen molar-refractivity contribution in [3.05, 3.63) is 23.8 Å². The average molecular weight is 429 g/mol. The van der Waals surface area contributed by atoms with Crippen LogP contribution in [0.4, 0.5) is 13.2 Å². The Labute approximate surface area is 173 Å². The van der Waals surface area contributed by atoms with Crippen molar-refractivity contribution in [3.8, 4) is 0 Å². The van der Waals surface area contributed by atoms with E-state index in [4.69, 9.17) is 0 Å². The number of fused-ring (bicyclic) bond motifs is 5. The second kappa shape index (κ2) is 6.71. The molecule has 0 spiro atoms. The van der Waals surface area contributed by atoms with Gasteiger partial charge in [-0.15, -0.1) is 0 Å². The number of allylic oxidation sites excluding steroid dienone is 4. The Kier molecular flexibility index (Phi) is 4.90. The van der Waals surface area contributed by atoms with Gasteiger partial charge in [0.1, 0.15) is 12.2 Å². The SMILES string of the molecule is CC1C[C@H]2[C@@H]3CC(F)C4=CC(=O)C=C[C@]4(C)[C@@]3(F)C(O)C[C@]2(C)C1C(=O)SCF. The van der Waals surface area contributed by atoms with Gasteiger partial charge in [-0.1, -0.05) is 31.7 Å². The van der Waals surface area contributed by atoms with Gasteiger partial charge >= 0.3 is 0 Å². The Balaban J connectivity index is 1.80. The highest BCUT2D eigenvalue weighted by atomic mass is 32.2. The molecule has 0 aromatic rings. The molecule has 4 unspecified atom stereocenters. The Morgan fingerprint density at radius 1 is 1.31 bits per heavy atom. The summed E-state index contributed by atoms with van der Waals surface area (Å²) in [6, 6.07) is -0.820. The van der Waals surface area contributed by atoms with E-state index in [2.05, 4.69) is 0 Å². The van der Waals surface area contributed by atoms with Crippen molar-refractivity contribution in [3.63, 3.8) is 0 Å². The topological polar surface area (TPSA) is 54.4 Å². The fourth-order valence-electron chi connectivity index (χ4n) is 7.22. The van der Waals surface area contributed by atoms with Crippen LogP contribution in [0.15, 0.2) is 23.8 Å². The second-order valence-corrected chi connectivity index (χ2v) is 10.6. The summed E-state index contributed by atoms with van der Waals surface area (Å²) in [7, 11) is 0. The van der Waals surface area contributed by atoms with Gasteiger partial charge in [0.2, 0.25) is 0 Å². The predicted octanol–water partition coefficient (Wildman–Crippen LogP) is 4.35. The maximum atomic E-state index is 16.9. The zero-order chi connectivity index (χ0) is 21.4. The number of alkyl halides is 3. The van der Waals surface area contributed by atoms with E-state index in [0.717, 1.165) is 0 Å². The maximum Gasteiger partial charge on any atom is 0.195 e. The van der Waals surface area contributed by atoms with Gasteiger partial charge in [0.15, 0.2) is 16.6 Å². The van der Waals surface area contributed by atoms with E-state index in [1.54, 1.807) is 6.92 Å². The minimum Gasteiger partial charge on any atom is -0.390 e. The summed E-state index contributed by atoms with van der Waals surface area (Å²) in [6.45, 7) is 5.33. The third kappa shape index (κ3) is 2.62. The normalized spacial score (nSPS) is 51.1. The van der Waals surface area contributed by atoms with Gasteiger partial charge in [0.05, 0.1) is 6.10 Å². The number of hydrogen-bond donors (Lipinski definition) is 1. The molecule has 0 radical (unpaired) electrons. The molecular weight excluding hydrogens is 401 g/mol. The predicted molar refractivity (Wildman–Crippen MR) is 105 cm³/mol. The highest BCUT2D eigenvalue weighted by Crippen LogP contribution is 2.70. The molecule has 7 heteroatoms. The number of ketones is 1. The first-order valence-electron chi connectivity index (χ1n) is 10.2.